The maximum Gasteiger partial charge on any atom is 0.271 e. The lowest BCUT2D eigenvalue weighted by Gasteiger charge is -2.36. The first-order valence-electron chi connectivity index (χ1n) is 13.9. The number of ether oxygens (including phenoxy) is 1. The van der Waals surface area contributed by atoms with Crippen molar-refractivity contribution in [3.8, 4) is 0 Å². The van der Waals surface area contributed by atoms with Gasteiger partial charge in [0.15, 0.2) is 0 Å². The molecule has 3 atom stereocenters. The van der Waals surface area contributed by atoms with E-state index in [1.807, 2.05) is 12.1 Å². The van der Waals surface area contributed by atoms with Crippen molar-refractivity contribution in [1.29, 1.82) is 0 Å². The molecule has 0 bridgehead atoms. The maximum absolute atomic E-state index is 12.4. The van der Waals surface area contributed by atoms with Gasteiger partial charge >= 0.3 is 0 Å². The Morgan fingerprint density at radius 3 is 2.87 bits per heavy atom. The first-order chi connectivity index (χ1) is 19.1. The van der Waals surface area contributed by atoms with Gasteiger partial charge in [-0.15, -0.1) is 0 Å². The summed E-state index contributed by atoms with van der Waals surface area (Å²) in [4.78, 5) is 24.7. The first kappa shape index (κ1) is 26.8. The second-order valence-corrected chi connectivity index (χ2v) is 12.7. The minimum absolute atomic E-state index is 0.00646. The highest BCUT2D eigenvalue weighted by atomic mass is 32.2. The molecule has 2 aromatic carbocycles. The summed E-state index contributed by atoms with van der Waals surface area (Å²) in [6, 6.07) is 17.3. The summed E-state index contributed by atoms with van der Waals surface area (Å²) in [5.74, 6) is 0. The van der Waals surface area contributed by atoms with Crippen LogP contribution in [0, 0.1) is 0 Å². The highest BCUT2D eigenvalue weighted by molar-refractivity contribution is 8.05. The second kappa shape index (κ2) is 12.0. The summed E-state index contributed by atoms with van der Waals surface area (Å²) in [6.07, 6.45) is 5.34. The molecule has 0 amide bonds. The predicted molar refractivity (Wildman–Crippen MR) is 158 cm³/mol. The maximum atomic E-state index is 12.4. The fourth-order valence-electron chi connectivity index (χ4n) is 5.78. The number of H-pyrrole nitrogens is 1. The normalized spacial score (nSPS) is 22.2. The summed E-state index contributed by atoms with van der Waals surface area (Å²) < 4.78 is 6.24. The Bertz CT molecular complexity index is 1370. The van der Waals surface area contributed by atoms with E-state index < -0.39 is 0 Å². The average molecular weight is 565 g/mol. The molecule has 206 valence electrons. The number of piperidine rings is 1. The van der Waals surface area contributed by atoms with Crippen LogP contribution in [0.15, 0.2) is 79.1 Å². The number of rotatable bonds is 7. The van der Waals surface area contributed by atoms with Crippen molar-refractivity contribution in [2.45, 2.75) is 64.0 Å². The van der Waals surface area contributed by atoms with Crippen molar-refractivity contribution in [3.63, 3.8) is 0 Å². The zero-order valence-electron chi connectivity index (χ0n) is 22.3. The number of aromatic nitrogens is 1. The van der Waals surface area contributed by atoms with Gasteiger partial charge in [-0.1, -0.05) is 42.1 Å². The molecule has 2 fully saturated rings. The molecule has 0 spiro atoms. The van der Waals surface area contributed by atoms with E-state index in [9.17, 15) is 9.90 Å². The van der Waals surface area contributed by atoms with Crippen molar-refractivity contribution in [1.82, 2.24) is 9.88 Å². The van der Waals surface area contributed by atoms with Crippen LogP contribution in [-0.4, -0.2) is 66.5 Å². The van der Waals surface area contributed by atoms with E-state index in [1.165, 1.54) is 44.4 Å². The molecule has 39 heavy (non-hydrogen) atoms. The fourth-order valence-corrected chi connectivity index (χ4v) is 8.23. The first-order valence-corrected chi connectivity index (χ1v) is 15.5. The number of aromatic amines is 1. The van der Waals surface area contributed by atoms with Gasteiger partial charge in [-0.3, -0.25) is 9.69 Å². The highest BCUT2D eigenvalue weighted by Gasteiger charge is 2.29. The van der Waals surface area contributed by atoms with Crippen LogP contribution in [-0.2, 0) is 4.74 Å². The van der Waals surface area contributed by atoms with E-state index in [0.29, 0.717) is 31.4 Å². The van der Waals surface area contributed by atoms with Crippen molar-refractivity contribution < 1.29 is 9.84 Å². The smallest absolute Gasteiger partial charge is 0.271 e. The van der Waals surface area contributed by atoms with Crippen LogP contribution >= 0.6 is 23.5 Å². The molecule has 0 saturated carbocycles. The summed E-state index contributed by atoms with van der Waals surface area (Å²) in [6.45, 7) is 6.29. The zero-order valence-corrected chi connectivity index (χ0v) is 23.9. The third-order valence-electron chi connectivity index (χ3n) is 7.92. The Balaban J connectivity index is 1.17. The van der Waals surface area contributed by atoms with Crippen molar-refractivity contribution in [3.05, 3.63) is 70.6 Å². The van der Waals surface area contributed by atoms with Gasteiger partial charge in [0, 0.05) is 57.1 Å². The number of benzene rings is 2. The number of likely N-dealkylation sites (tertiary alicyclic amines) is 1. The number of morpholine rings is 1. The molecule has 2 saturated heterocycles. The number of fused-ring (bicyclic) bond motifs is 2. The van der Waals surface area contributed by atoms with Crippen molar-refractivity contribution in [2.24, 2.45) is 0 Å². The van der Waals surface area contributed by atoms with E-state index in [4.69, 9.17) is 4.74 Å². The molecule has 6 rings (SSSR count). The molecular weight excluding hydrogens is 528 g/mol. The Labute approximate surface area is 238 Å². The number of nitrogens with one attached hydrogen (secondary N) is 2. The second-order valence-electron chi connectivity index (χ2n) is 10.6. The summed E-state index contributed by atoms with van der Waals surface area (Å²) >= 11 is 3.58. The van der Waals surface area contributed by atoms with Crippen LogP contribution in [0.3, 0.4) is 0 Å². The molecule has 4 heterocycles. The monoisotopic (exact) mass is 564 g/mol. The number of hydrogen-bond acceptors (Lipinski definition) is 8. The highest BCUT2D eigenvalue weighted by Crippen LogP contribution is 2.51. The van der Waals surface area contributed by atoms with Gasteiger partial charge in [0.25, 0.3) is 5.56 Å². The fraction of sp³-hybridized carbons (Fsp3) is 0.433. The van der Waals surface area contributed by atoms with E-state index in [-0.39, 0.29) is 24.3 Å². The number of hydrogen-bond donors (Lipinski definition) is 3. The molecular formula is C30H36N4O3S2. The zero-order chi connectivity index (χ0) is 26.8. The van der Waals surface area contributed by atoms with E-state index in [0.717, 1.165) is 18.8 Å². The minimum atomic E-state index is -0.105. The van der Waals surface area contributed by atoms with Crippen LogP contribution in [0.25, 0.3) is 0 Å². The number of nitrogens with zero attached hydrogens (tertiary/aromatic N) is 2. The molecule has 3 N–H and O–H groups in total. The number of aliphatic hydroxyl groups excluding tert-OH is 1. The van der Waals surface area contributed by atoms with Crippen LogP contribution in [0.1, 0.15) is 37.9 Å². The van der Waals surface area contributed by atoms with E-state index in [2.05, 4.69) is 63.4 Å². The Hall–Kier alpha value is -2.43. The number of aliphatic hydroxyl groups is 1. The number of anilines is 2. The third kappa shape index (κ3) is 5.88. The van der Waals surface area contributed by atoms with Gasteiger partial charge in [0.2, 0.25) is 0 Å². The third-order valence-corrected chi connectivity index (χ3v) is 10.5. The van der Waals surface area contributed by atoms with Crippen LogP contribution in [0.5, 0.6) is 0 Å². The average Bonchev–Trinajstić information content (AvgIpc) is 2.97. The number of pyridine rings is 1. The topological polar surface area (TPSA) is 80.8 Å². The Morgan fingerprint density at radius 1 is 1.10 bits per heavy atom. The van der Waals surface area contributed by atoms with Gasteiger partial charge < -0.3 is 25.0 Å². The molecule has 1 aromatic heterocycles. The van der Waals surface area contributed by atoms with Crippen molar-refractivity contribution in [2.75, 3.05) is 49.6 Å². The van der Waals surface area contributed by atoms with Gasteiger partial charge in [-0.2, -0.15) is 0 Å². The summed E-state index contributed by atoms with van der Waals surface area (Å²) in [5.41, 5.74) is 2.85. The minimum Gasteiger partial charge on any atom is -0.394 e. The van der Waals surface area contributed by atoms with Crippen LogP contribution in [0.2, 0.25) is 0 Å². The van der Waals surface area contributed by atoms with Crippen LogP contribution in [0.4, 0.5) is 11.4 Å². The largest absolute Gasteiger partial charge is 0.394 e. The van der Waals surface area contributed by atoms with Crippen molar-refractivity contribution >= 4 is 34.9 Å². The van der Waals surface area contributed by atoms with Crippen LogP contribution < -0.4 is 15.8 Å². The standard InChI is InChI=1S/C30H36N4O3S2/c1-20-6-2-3-13-33(20)17-22(19-35)32-21-10-11-26-28(16-21)38-27-9-4-7-23(29(27)39-26)25-18-34(14-15-37-25)24-8-5-12-31-30(24)36/h4-5,7-12,16,20,22,25,32,35H,2-3,6,13-15,17-19H2,1H3,(H,31,36). The lowest BCUT2D eigenvalue weighted by Crippen LogP contribution is -2.45. The lowest BCUT2D eigenvalue weighted by atomic mass is 10.0. The van der Waals surface area contributed by atoms with E-state index >= 15 is 0 Å². The van der Waals surface area contributed by atoms with Gasteiger partial charge in [-0.25, -0.2) is 0 Å². The summed E-state index contributed by atoms with van der Waals surface area (Å²) in [5, 5.41) is 13.7. The molecule has 7 nitrogen and oxygen atoms in total. The Morgan fingerprint density at radius 2 is 2.03 bits per heavy atom. The predicted octanol–water partition coefficient (Wildman–Crippen LogP) is 5.22. The molecule has 3 unspecified atom stereocenters. The molecule has 9 heteroatoms. The molecule has 3 aliphatic rings. The van der Waals surface area contributed by atoms with E-state index in [1.54, 1.807) is 29.7 Å². The Kier molecular flexibility index (Phi) is 8.22. The molecule has 0 aliphatic carbocycles. The SMILES string of the molecule is CC1CCCCN1CC(CO)Nc1ccc2c(c1)Sc1cccc(C3CN(c4ccc[nH]c4=O)CCO3)c1S2. The molecule has 3 aromatic rings. The quantitative estimate of drug-likeness (QED) is 0.282. The molecule has 0 radical (unpaired) electrons. The van der Waals surface area contributed by atoms with Gasteiger partial charge in [0.1, 0.15) is 11.8 Å². The van der Waals surface area contributed by atoms with Gasteiger partial charge in [-0.05, 0) is 68.3 Å². The lowest BCUT2D eigenvalue weighted by molar-refractivity contribution is 0.0378. The van der Waals surface area contributed by atoms with Gasteiger partial charge in [0.05, 0.1) is 19.3 Å². The molecule has 3 aliphatic heterocycles. The summed E-state index contributed by atoms with van der Waals surface area (Å²) in [7, 11) is 0.